The molecule has 1 aliphatic rings. The summed E-state index contributed by atoms with van der Waals surface area (Å²) in [6, 6.07) is -0.880. The van der Waals surface area contributed by atoms with Crippen molar-refractivity contribution >= 4 is 23.7 Å². The minimum atomic E-state index is -0.639. The van der Waals surface area contributed by atoms with Gasteiger partial charge < -0.3 is 16.4 Å². The highest BCUT2D eigenvalue weighted by atomic mass is 32.2. The summed E-state index contributed by atoms with van der Waals surface area (Å²) in [7, 11) is 0. The topological polar surface area (TPSA) is 84.2 Å². The highest BCUT2D eigenvalue weighted by Crippen LogP contribution is 2.17. The second-order valence-electron chi connectivity index (χ2n) is 4.69. The molecule has 0 unspecified atom stereocenters. The van der Waals surface area contributed by atoms with Gasteiger partial charge in [0.05, 0.1) is 0 Å². The predicted octanol–water partition coefficient (Wildman–Crippen LogP) is 1.23. The summed E-state index contributed by atoms with van der Waals surface area (Å²) in [4.78, 5) is 23.0. The number of rotatable bonds is 6. The van der Waals surface area contributed by atoms with Gasteiger partial charge in [0.2, 0.25) is 5.91 Å². The summed E-state index contributed by atoms with van der Waals surface area (Å²) >= 11 is 1.65. The predicted molar refractivity (Wildman–Crippen MR) is 74.5 cm³/mol. The van der Waals surface area contributed by atoms with E-state index >= 15 is 0 Å². The van der Waals surface area contributed by atoms with Gasteiger partial charge in [-0.05, 0) is 31.3 Å². The van der Waals surface area contributed by atoms with Gasteiger partial charge in [0.15, 0.2) is 0 Å². The lowest BCUT2D eigenvalue weighted by Crippen LogP contribution is -2.51. The zero-order valence-corrected chi connectivity index (χ0v) is 11.7. The maximum atomic E-state index is 12.1. The molecule has 0 aromatic heterocycles. The Morgan fingerprint density at radius 3 is 2.56 bits per heavy atom. The molecule has 1 rings (SSSR count). The molecule has 0 aliphatic heterocycles. The lowest BCUT2D eigenvalue weighted by molar-refractivity contribution is -0.123. The molecule has 1 aliphatic carbocycles. The second kappa shape index (κ2) is 8.24. The zero-order valence-electron chi connectivity index (χ0n) is 10.9. The van der Waals surface area contributed by atoms with Gasteiger partial charge >= 0.3 is 6.03 Å². The lowest BCUT2D eigenvalue weighted by Gasteiger charge is -2.25. The fourth-order valence-electron chi connectivity index (χ4n) is 2.22. The molecular formula is C12H23N3O2S. The third kappa shape index (κ3) is 5.62. The molecule has 1 saturated carbocycles. The molecule has 0 aromatic rings. The van der Waals surface area contributed by atoms with Crippen LogP contribution in [0.3, 0.4) is 0 Å². The van der Waals surface area contributed by atoms with E-state index in [1.54, 1.807) is 11.8 Å². The SMILES string of the molecule is CSCC[C@@H](NC(N)=O)C(=O)NC1CCCCC1. The van der Waals surface area contributed by atoms with Crippen LogP contribution in [0.15, 0.2) is 0 Å². The van der Waals surface area contributed by atoms with Crippen LogP contribution in [-0.4, -0.2) is 36.0 Å². The fourth-order valence-corrected chi connectivity index (χ4v) is 2.70. The van der Waals surface area contributed by atoms with Gasteiger partial charge in [-0.1, -0.05) is 19.3 Å². The van der Waals surface area contributed by atoms with Gasteiger partial charge in [-0.2, -0.15) is 11.8 Å². The molecule has 3 amide bonds. The molecule has 6 heteroatoms. The minimum absolute atomic E-state index is 0.102. The van der Waals surface area contributed by atoms with Crippen LogP contribution in [0.4, 0.5) is 4.79 Å². The first-order valence-electron chi connectivity index (χ1n) is 6.48. The molecule has 104 valence electrons. The number of nitrogens with one attached hydrogen (secondary N) is 2. The van der Waals surface area contributed by atoms with Gasteiger partial charge in [0.1, 0.15) is 6.04 Å². The van der Waals surface area contributed by atoms with Crippen molar-refractivity contribution in [3.63, 3.8) is 0 Å². The van der Waals surface area contributed by atoms with Crippen LogP contribution < -0.4 is 16.4 Å². The van der Waals surface area contributed by atoms with Crippen LogP contribution in [-0.2, 0) is 4.79 Å². The third-order valence-electron chi connectivity index (χ3n) is 3.20. The van der Waals surface area contributed by atoms with Gasteiger partial charge in [0, 0.05) is 6.04 Å². The summed E-state index contributed by atoms with van der Waals surface area (Å²) in [6.07, 6.45) is 8.26. The van der Waals surface area contributed by atoms with Gasteiger partial charge in [-0.3, -0.25) is 4.79 Å². The first-order valence-corrected chi connectivity index (χ1v) is 7.88. The van der Waals surface area contributed by atoms with E-state index < -0.39 is 12.1 Å². The number of carbonyl (C=O) groups excluding carboxylic acids is 2. The highest BCUT2D eigenvalue weighted by Gasteiger charge is 2.23. The third-order valence-corrected chi connectivity index (χ3v) is 3.84. The van der Waals surface area contributed by atoms with Crippen LogP contribution >= 0.6 is 11.8 Å². The Morgan fingerprint density at radius 2 is 2.00 bits per heavy atom. The number of carbonyl (C=O) groups is 2. The molecule has 4 N–H and O–H groups in total. The van der Waals surface area contributed by atoms with Crippen LogP contribution in [0.1, 0.15) is 38.5 Å². The van der Waals surface area contributed by atoms with Crippen molar-refractivity contribution in [1.82, 2.24) is 10.6 Å². The Balaban J connectivity index is 2.43. The van der Waals surface area contributed by atoms with Crippen molar-refractivity contribution in [2.24, 2.45) is 5.73 Å². The van der Waals surface area contributed by atoms with Gasteiger partial charge in [-0.25, -0.2) is 4.79 Å². The Bertz CT molecular complexity index is 280. The Labute approximate surface area is 113 Å². The normalized spacial score (nSPS) is 18.1. The molecule has 18 heavy (non-hydrogen) atoms. The molecule has 0 aromatic carbocycles. The smallest absolute Gasteiger partial charge is 0.312 e. The van der Waals surface area contributed by atoms with E-state index in [1.165, 1.54) is 19.3 Å². The number of urea groups is 1. The number of hydrogen-bond acceptors (Lipinski definition) is 3. The van der Waals surface area contributed by atoms with Crippen LogP contribution in [0.2, 0.25) is 0 Å². The molecule has 0 radical (unpaired) electrons. The molecule has 1 atom stereocenters. The standard InChI is InChI=1S/C12H23N3O2S/c1-18-8-7-10(15-12(13)17)11(16)14-9-5-3-2-4-6-9/h9-10H,2-8H2,1H3,(H,14,16)(H3,13,15,17)/t10-/m1/s1. The average molecular weight is 273 g/mol. The van der Waals surface area contributed by atoms with E-state index in [2.05, 4.69) is 10.6 Å². The fraction of sp³-hybridized carbons (Fsp3) is 0.833. The zero-order chi connectivity index (χ0) is 13.4. The van der Waals surface area contributed by atoms with Crippen molar-refractivity contribution in [3.8, 4) is 0 Å². The van der Waals surface area contributed by atoms with Crippen molar-refractivity contribution in [2.45, 2.75) is 50.6 Å². The number of thioether (sulfide) groups is 1. The molecular weight excluding hydrogens is 250 g/mol. The number of amides is 3. The van der Waals surface area contributed by atoms with Gasteiger partial charge in [-0.15, -0.1) is 0 Å². The minimum Gasteiger partial charge on any atom is -0.352 e. The number of nitrogens with two attached hydrogens (primary N) is 1. The van der Waals surface area contributed by atoms with E-state index in [1.807, 2.05) is 6.26 Å². The van der Waals surface area contributed by atoms with Crippen molar-refractivity contribution in [1.29, 1.82) is 0 Å². The Hall–Kier alpha value is -0.910. The maximum absolute atomic E-state index is 12.1. The highest BCUT2D eigenvalue weighted by molar-refractivity contribution is 7.98. The Morgan fingerprint density at radius 1 is 1.33 bits per heavy atom. The monoisotopic (exact) mass is 273 g/mol. The van der Waals surface area contributed by atoms with E-state index in [4.69, 9.17) is 5.73 Å². The number of primary amides is 1. The molecule has 0 spiro atoms. The maximum Gasteiger partial charge on any atom is 0.312 e. The largest absolute Gasteiger partial charge is 0.352 e. The average Bonchev–Trinajstić information content (AvgIpc) is 2.35. The first-order chi connectivity index (χ1) is 8.63. The first kappa shape index (κ1) is 15.1. The van der Waals surface area contributed by atoms with Crippen molar-refractivity contribution in [3.05, 3.63) is 0 Å². The quantitative estimate of drug-likeness (QED) is 0.680. The second-order valence-corrected chi connectivity index (χ2v) is 5.67. The lowest BCUT2D eigenvalue weighted by atomic mass is 9.95. The van der Waals surface area contributed by atoms with Crippen LogP contribution in [0.25, 0.3) is 0 Å². The van der Waals surface area contributed by atoms with Crippen LogP contribution in [0, 0.1) is 0 Å². The molecule has 1 fully saturated rings. The van der Waals surface area contributed by atoms with E-state index in [0.29, 0.717) is 6.42 Å². The molecule has 5 nitrogen and oxygen atoms in total. The van der Waals surface area contributed by atoms with E-state index in [-0.39, 0.29) is 11.9 Å². The number of hydrogen-bond donors (Lipinski definition) is 3. The van der Waals surface area contributed by atoms with Gasteiger partial charge in [0.25, 0.3) is 0 Å². The Kier molecular flexibility index (Phi) is 6.93. The van der Waals surface area contributed by atoms with Crippen molar-refractivity contribution < 1.29 is 9.59 Å². The van der Waals surface area contributed by atoms with E-state index in [0.717, 1.165) is 18.6 Å². The molecule has 0 saturated heterocycles. The van der Waals surface area contributed by atoms with Crippen LogP contribution in [0.5, 0.6) is 0 Å². The summed E-state index contributed by atoms with van der Waals surface area (Å²) in [6.45, 7) is 0. The van der Waals surface area contributed by atoms with E-state index in [9.17, 15) is 9.59 Å². The van der Waals surface area contributed by atoms with Crippen molar-refractivity contribution in [2.75, 3.05) is 12.0 Å². The molecule has 0 heterocycles. The summed E-state index contributed by atoms with van der Waals surface area (Å²) in [5.41, 5.74) is 5.10. The summed E-state index contributed by atoms with van der Waals surface area (Å²) in [5, 5.41) is 5.53. The summed E-state index contributed by atoms with van der Waals surface area (Å²) < 4.78 is 0. The summed E-state index contributed by atoms with van der Waals surface area (Å²) in [5.74, 6) is 0.720. The molecule has 0 bridgehead atoms.